The van der Waals surface area contributed by atoms with Crippen LogP contribution in [0.25, 0.3) is 0 Å². The number of sulfonamides is 2. The van der Waals surface area contributed by atoms with Gasteiger partial charge in [0.1, 0.15) is 0 Å². The molecule has 12 nitrogen and oxygen atoms in total. The predicted molar refractivity (Wildman–Crippen MR) is 169 cm³/mol. The van der Waals surface area contributed by atoms with Gasteiger partial charge in [-0.15, -0.1) is 0 Å². The van der Waals surface area contributed by atoms with E-state index in [1.807, 2.05) is 41.5 Å². The fourth-order valence-corrected chi connectivity index (χ4v) is 8.60. The number of amides is 2. The summed E-state index contributed by atoms with van der Waals surface area (Å²) in [5, 5.41) is 5.70. The molecule has 2 amide bonds. The molecule has 0 radical (unpaired) electrons. The van der Waals surface area contributed by atoms with E-state index in [-0.39, 0.29) is 85.3 Å². The number of nitrogens with zero attached hydrogens (tertiary/aromatic N) is 2. The second kappa shape index (κ2) is 13.9. The number of nitrogens with one attached hydrogen (secondary N) is 2. The molecule has 4 atom stereocenters. The van der Waals surface area contributed by atoms with Crippen LogP contribution in [-0.2, 0) is 29.5 Å². The van der Waals surface area contributed by atoms with Crippen molar-refractivity contribution in [2.24, 2.45) is 5.41 Å². The monoisotopic (exact) mass is 664 g/mol. The van der Waals surface area contributed by atoms with E-state index >= 15 is 0 Å². The van der Waals surface area contributed by atoms with Crippen molar-refractivity contribution >= 4 is 31.9 Å². The van der Waals surface area contributed by atoms with Crippen molar-refractivity contribution in [3.8, 4) is 0 Å². The van der Waals surface area contributed by atoms with Crippen LogP contribution in [0.3, 0.4) is 0 Å². The van der Waals surface area contributed by atoms with Gasteiger partial charge in [-0.05, 0) is 81.6 Å². The zero-order valence-electron chi connectivity index (χ0n) is 26.6. The maximum Gasteiger partial charge on any atom is 0.251 e. The lowest BCUT2D eigenvalue weighted by atomic mass is 9.93. The van der Waals surface area contributed by atoms with Crippen LogP contribution < -0.4 is 10.6 Å². The lowest BCUT2D eigenvalue weighted by Crippen LogP contribution is -2.48. The van der Waals surface area contributed by atoms with Gasteiger partial charge in [0.15, 0.2) is 0 Å². The molecule has 0 spiro atoms. The summed E-state index contributed by atoms with van der Waals surface area (Å²) in [5.74, 6) is -0.736. The van der Waals surface area contributed by atoms with Crippen LogP contribution in [0.15, 0.2) is 58.3 Å². The van der Waals surface area contributed by atoms with Gasteiger partial charge in [0.25, 0.3) is 11.8 Å². The Morgan fingerprint density at radius 2 is 0.933 bits per heavy atom. The number of carbonyl (C=O) groups excluding carboxylic acids is 2. The normalized spacial score (nSPS) is 23.8. The summed E-state index contributed by atoms with van der Waals surface area (Å²) in [4.78, 5) is 25.9. The van der Waals surface area contributed by atoms with E-state index in [9.17, 15) is 26.4 Å². The van der Waals surface area contributed by atoms with Crippen LogP contribution in [-0.4, -0.2) is 101 Å². The third-order valence-electron chi connectivity index (χ3n) is 7.74. The van der Waals surface area contributed by atoms with Gasteiger partial charge in [0, 0.05) is 50.4 Å². The second-order valence-electron chi connectivity index (χ2n) is 12.7. The van der Waals surface area contributed by atoms with Crippen LogP contribution in [0.5, 0.6) is 0 Å². The average Bonchev–Trinajstić information content (AvgIpc) is 2.98. The first kappa shape index (κ1) is 35.0. The van der Waals surface area contributed by atoms with Gasteiger partial charge in [0.05, 0.1) is 34.2 Å². The number of morpholine rings is 2. The third kappa shape index (κ3) is 8.69. The lowest BCUT2D eigenvalue weighted by Gasteiger charge is -2.34. The quantitative estimate of drug-likeness (QED) is 0.393. The summed E-state index contributed by atoms with van der Waals surface area (Å²) in [5.41, 5.74) is 0.104. The van der Waals surface area contributed by atoms with Crippen LogP contribution in [0.4, 0.5) is 0 Å². The Kier molecular flexibility index (Phi) is 10.8. The standard InChI is InChI=1S/C31H44N4O8S2/c1-21-15-34(16-22(2)42-21)44(38,39)27-11-7-25(8-12-27)29(36)32-19-31(5,6)20-33-30(37)26-9-13-28(14-10-26)45(40,41)35-17-23(3)43-24(4)18-35/h7-14,21-24H,15-20H2,1-6H3,(H,32,36)(H,33,37)/t21-,22-,23-,24+/m0/s1. The fraction of sp³-hybridized carbons (Fsp3) is 0.548. The van der Waals surface area contributed by atoms with E-state index < -0.39 is 25.5 Å². The Morgan fingerprint density at radius 1 is 0.644 bits per heavy atom. The molecular weight excluding hydrogens is 620 g/mol. The van der Waals surface area contributed by atoms with Crippen LogP contribution in [0.1, 0.15) is 62.3 Å². The Hall–Kier alpha value is -2.88. The maximum absolute atomic E-state index is 13.1. The van der Waals surface area contributed by atoms with Crippen molar-refractivity contribution < 1.29 is 35.9 Å². The Bertz CT molecular complexity index is 1440. The Morgan fingerprint density at radius 3 is 1.22 bits per heavy atom. The molecule has 0 aromatic heterocycles. The Balaban J connectivity index is 1.28. The summed E-state index contributed by atoms with van der Waals surface area (Å²) < 4.78 is 66.5. The zero-order valence-corrected chi connectivity index (χ0v) is 28.3. The largest absolute Gasteiger partial charge is 0.373 e. The van der Waals surface area contributed by atoms with E-state index in [0.29, 0.717) is 11.1 Å². The highest BCUT2D eigenvalue weighted by molar-refractivity contribution is 7.89. The summed E-state index contributed by atoms with van der Waals surface area (Å²) in [6.07, 6.45) is -0.834. The molecule has 0 saturated carbocycles. The molecule has 0 aliphatic carbocycles. The van der Waals surface area contributed by atoms with Gasteiger partial charge in [-0.3, -0.25) is 9.59 Å². The fourth-order valence-electron chi connectivity index (χ4n) is 5.41. The first-order valence-corrected chi connectivity index (χ1v) is 17.9. The van der Waals surface area contributed by atoms with Gasteiger partial charge < -0.3 is 20.1 Å². The molecule has 0 unspecified atom stereocenters. The number of benzene rings is 2. The summed E-state index contributed by atoms with van der Waals surface area (Å²) in [7, 11) is -7.44. The maximum atomic E-state index is 13.1. The number of rotatable bonds is 10. The smallest absolute Gasteiger partial charge is 0.251 e. The molecule has 14 heteroatoms. The molecule has 45 heavy (non-hydrogen) atoms. The molecule has 4 rings (SSSR count). The van der Waals surface area contributed by atoms with E-state index in [4.69, 9.17) is 9.47 Å². The van der Waals surface area contributed by atoms with Gasteiger partial charge >= 0.3 is 0 Å². The van der Waals surface area contributed by atoms with Gasteiger partial charge in [-0.1, -0.05) is 13.8 Å². The molecule has 2 aliphatic heterocycles. The molecule has 2 N–H and O–H groups in total. The first-order chi connectivity index (χ1) is 21.0. The van der Waals surface area contributed by atoms with Gasteiger partial charge in [0.2, 0.25) is 20.0 Å². The molecule has 2 aliphatic rings. The van der Waals surface area contributed by atoms with Gasteiger partial charge in [-0.25, -0.2) is 16.8 Å². The third-order valence-corrected chi connectivity index (χ3v) is 11.4. The average molecular weight is 665 g/mol. The van der Waals surface area contributed by atoms with E-state index in [0.717, 1.165) is 0 Å². The van der Waals surface area contributed by atoms with Crippen molar-refractivity contribution in [2.75, 3.05) is 39.3 Å². The summed E-state index contributed by atoms with van der Waals surface area (Å²) in [6, 6.07) is 11.6. The molecular formula is C31H44N4O8S2. The van der Waals surface area contributed by atoms with Crippen LogP contribution in [0, 0.1) is 5.41 Å². The SMILES string of the molecule is C[C@@H]1CN(S(=O)(=O)c2ccc(C(=O)NCC(C)(C)CNC(=O)c3ccc(S(=O)(=O)N4C[C@H](C)O[C@@H](C)C4)cc3)cc2)C[C@H](C)O1. The molecule has 2 aromatic rings. The molecule has 2 aromatic carbocycles. The van der Waals surface area contributed by atoms with Crippen molar-refractivity contribution in [1.82, 2.24) is 19.2 Å². The van der Waals surface area contributed by atoms with E-state index in [2.05, 4.69) is 10.6 Å². The Labute approximate surface area is 266 Å². The highest BCUT2D eigenvalue weighted by Crippen LogP contribution is 2.23. The number of ether oxygens (including phenoxy) is 2. The summed E-state index contributed by atoms with van der Waals surface area (Å²) >= 11 is 0. The molecule has 248 valence electrons. The molecule has 0 bridgehead atoms. The molecule has 2 heterocycles. The van der Waals surface area contributed by atoms with Crippen molar-refractivity contribution in [3.63, 3.8) is 0 Å². The van der Waals surface area contributed by atoms with Crippen molar-refractivity contribution in [3.05, 3.63) is 59.7 Å². The predicted octanol–water partition coefficient (Wildman–Crippen LogP) is 2.47. The number of hydrogen-bond acceptors (Lipinski definition) is 8. The highest BCUT2D eigenvalue weighted by atomic mass is 32.2. The van der Waals surface area contributed by atoms with E-state index in [1.165, 1.54) is 57.1 Å². The number of hydrogen-bond donors (Lipinski definition) is 2. The molecule has 2 fully saturated rings. The van der Waals surface area contributed by atoms with E-state index in [1.54, 1.807) is 0 Å². The summed E-state index contributed by atoms with van der Waals surface area (Å²) in [6.45, 7) is 12.6. The van der Waals surface area contributed by atoms with Crippen LogP contribution >= 0.6 is 0 Å². The lowest BCUT2D eigenvalue weighted by molar-refractivity contribution is -0.0442. The minimum atomic E-state index is -3.72. The second-order valence-corrected chi connectivity index (χ2v) is 16.6. The minimum Gasteiger partial charge on any atom is -0.373 e. The van der Waals surface area contributed by atoms with Crippen molar-refractivity contribution in [1.29, 1.82) is 0 Å². The first-order valence-electron chi connectivity index (χ1n) is 15.1. The van der Waals surface area contributed by atoms with Gasteiger partial charge in [-0.2, -0.15) is 8.61 Å². The topological polar surface area (TPSA) is 151 Å². The number of carbonyl (C=O) groups is 2. The zero-order chi connectivity index (χ0) is 33.2. The van der Waals surface area contributed by atoms with Crippen LogP contribution in [0.2, 0.25) is 0 Å². The van der Waals surface area contributed by atoms with Crippen molar-refractivity contribution in [2.45, 2.75) is 75.7 Å². The highest BCUT2D eigenvalue weighted by Gasteiger charge is 2.33. The minimum absolute atomic E-state index is 0.110. The molecule has 2 saturated heterocycles.